The number of benzene rings is 1. The number of primary amides is 1. The van der Waals surface area contributed by atoms with E-state index in [1.54, 1.807) is 0 Å². The molecule has 1 amide bonds. The molecule has 7 heteroatoms. The van der Waals surface area contributed by atoms with Crippen LogP contribution in [0.4, 0.5) is 0 Å². The number of aliphatic imine (C=N–C) groups is 1. The summed E-state index contributed by atoms with van der Waals surface area (Å²) in [7, 11) is 2.15. The van der Waals surface area contributed by atoms with Gasteiger partial charge in [-0.25, -0.2) is 4.99 Å². The zero-order chi connectivity index (χ0) is 22.9. The van der Waals surface area contributed by atoms with E-state index in [9.17, 15) is 4.79 Å². The Morgan fingerprint density at radius 1 is 1.22 bits per heavy atom. The fourth-order valence-electron chi connectivity index (χ4n) is 5.07. The van der Waals surface area contributed by atoms with Crippen molar-refractivity contribution in [3.05, 3.63) is 35.4 Å². The van der Waals surface area contributed by atoms with Gasteiger partial charge in [0.15, 0.2) is 5.96 Å². The fourth-order valence-corrected chi connectivity index (χ4v) is 5.07. The number of carbonyl (C=O) groups is 1. The molecular formula is C25H42N6O. The van der Waals surface area contributed by atoms with Crippen molar-refractivity contribution in [3.8, 4) is 0 Å². The molecule has 7 nitrogen and oxygen atoms in total. The second-order valence-electron chi connectivity index (χ2n) is 9.27. The van der Waals surface area contributed by atoms with E-state index in [-0.39, 0.29) is 11.8 Å². The number of likely N-dealkylation sites (N-methyl/N-ethyl adjacent to an activating group) is 2. The number of guanidine groups is 1. The van der Waals surface area contributed by atoms with E-state index >= 15 is 0 Å². The first-order valence-corrected chi connectivity index (χ1v) is 12.3. The van der Waals surface area contributed by atoms with Gasteiger partial charge in [0.25, 0.3) is 0 Å². The van der Waals surface area contributed by atoms with Crippen LogP contribution in [-0.2, 0) is 17.9 Å². The summed E-state index contributed by atoms with van der Waals surface area (Å²) in [5.74, 6) is 0.789. The summed E-state index contributed by atoms with van der Waals surface area (Å²) >= 11 is 0. The Kier molecular flexibility index (Phi) is 9.36. The predicted molar refractivity (Wildman–Crippen MR) is 131 cm³/mol. The molecule has 1 aromatic carbocycles. The van der Waals surface area contributed by atoms with Gasteiger partial charge in [-0.2, -0.15) is 0 Å². The van der Waals surface area contributed by atoms with Crippen molar-refractivity contribution in [2.75, 3.05) is 46.3 Å². The van der Waals surface area contributed by atoms with E-state index in [2.05, 4.69) is 65.2 Å². The van der Waals surface area contributed by atoms with Crippen LogP contribution in [0.5, 0.6) is 0 Å². The van der Waals surface area contributed by atoms with Gasteiger partial charge in [0.1, 0.15) is 0 Å². The van der Waals surface area contributed by atoms with Gasteiger partial charge in [0.05, 0.1) is 12.5 Å². The molecule has 1 aromatic rings. The highest BCUT2D eigenvalue weighted by atomic mass is 16.1. The van der Waals surface area contributed by atoms with Gasteiger partial charge >= 0.3 is 0 Å². The molecule has 0 aromatic heterocycles. The lowest BCUT2D eigenvalue weighted by atomic mass is 9.97. The Balaban J connectivity index is 1.60. The summed E-state index contributed by atoms with van der Waals surface area (Å²) in [5, 5.41) is 3.46. The zero-order valence-electron chi connectivity index (χ0n) is 20.2. The summed E-state index contributed by atoms with van der Waals surface area (Å²) < 4.78 is 0. The molecule has 3 rings (SSSR count). The summed E-state index contributed by atoms with van der Waals surface area (Å²) in [6, 6.07) is 9.29. The topological polar surface area (TPSA) is 77.2 Å². The minimum absolute atomic E-state index is 0.0155. The van der Waals surface area contributed by atoms with Crippen molar-refractivity contribution in [1.29, 1.82) is 0 Å². The molecule has 2 heterocycles. The number of nitrogens with one attached hydrogen (secondary N) is 1. The van der Waals surface area contributed by atoms with Crippen LogP contribution in [0.3, 0.4) is 0 Å². The van der Waals surface area contributed by atoms with Crippen molar-refractivity contribution in [2.45, 2.75) is 58.7 Å². The SMILES string of the molecule is CCNC(=NCc1cccc(CN2CCCC(C(N)=O)C2)c1)N(C)CC1CCCN1CC. The lowest BCUT2D eigenvalue weighted by Gasteiger charge is -2.31. The number of amides is 1. The third kappa shape index (κ3) is 6.94. The first-order chi connectivity index (χ1) is 15.5. The monoisotopic (exact) mass is 442 g/mol. The predicted octanol–water partition coefficient (Wildman–Crippen LogP) is 2.27. The van der Waals surface area contributed by atoms with Crippen LogP contribution >= 0.6 is 0 Å². The minimum atomic E-state index is -0.169. The first-order valence-electron chi connectivity index (χ1n) is 12.3. The van der Waals surface area contributed by atoms with E-state index < -0.39 is 0 Å². The lowest BCUT2D eigenvalue weighted by molar-refractivity contribution is -0.123. The molecule has 32 heavy (non-hydrogen) atoms. The van der Waals surface area contributed by atoms with Gasteiger partial charge in [-0.1, -0.05) is 31.2 Å². The van der Waals surface area contributed by atoms with Gasteiger partial charge in [-0.3, -0.25) is 14.6 Å². The molecule has 2 saturated heterocycles. The minimum Gasteiger partial charge on any atom is -0.369 e. The van der Waals surface area contributed by atoms with Crippen LogP contribution in [0.1, 0.15) is 50.7 Å². The fraction of sp³-hybridized carbons (Fsp3) is 0.680. The van der Waals surface area contributed by atoms with Crippen LogP contribution in [0.15, 0.2) is 29.3 Å². The molecule has 3 N–H and O–H groups in total. The average Bonchev–Trinajstić information content (AvgIpc) is 3.24. The molecule has 2 fully saturated rings. The second-order valence-corrected chi connectivity index (χ2v) is 9.27. The molecule has 2 atom stereocenters. The smallest absolute Gasteiger partial charge is 0.221 e. The second kappa shape index (κ2) is 12.2. The third-order valence-corrected chi connectivity index (χ3v) is 6.80. The van der Waals surface area contributed by atoms with E-state index in [0.29, 0.717) is 12.6 Å². The summed E-state index contributed by atoms with van der Waals surface area (Å²) in [4.78, 5) is 23.7. The van der Waals surface area contributed by atoms with Crippen LogP contribution < -0.4 is 11.1 Å². The normalized spacial score (nSPS) is 22.8. The lowest BCUT2D eigenvalue weighted by Crippen LogP contribution is -2.45. The molecule has 0 spiro atoms. The first kappa shape index (κ1) is 24.5. The van der Waals surface area contributed by atoms with Crippen LogP contribution in [-0.4, -0.2) is 78.9 Å². The maximum absolute atomic E-state index is 11.6. The Labute approximate surface area is 194 Å². The summed E-state index contributed by atoms with van der Waals surface area (Å²) in [5.41, 5.74) is 8.02. The molecule has 0 bridgehead atoms. The molecule has 0 saturated carbocycles. The number of likely N-dealkylation sites (tertiary alicyclic amines) is 2. The molecule has 2 aliphatic rings. The summed E-state index contributed by atoms with van der Waals surface area (Å²) in [6.07, 6.45) is 4.52. The Morgan fingerprint density at radius 2 is 2.00 bits per heavy atom. The van der Waals surface area contributed by atoms with Gasteiger partial charge in [-0.05, 0) is 63.4 Å². The van der Waals surface area contributed by atoms with Crippen molar-refractivity contribution >= 4 is 11.9 Å². The van der Waals surface area contributed by atoms with Crippen molar-refractivity contribution in [2.24, 2.45) is 16.6 Å². The Bertz CT molecular complexity index is 767. The number of rotatable bonds is 9. The highest BCUT2D eigenvalue weighted by Crippen LogP contribution is 2.19. The molecule has 2 unspecified atom stereocenters. The van der Waals surface area contributed by atoms with E-state index in [1.807, 2.05) is 0 Å². The number of carbonyl (C=O) groups excluding carboxylic acids is 1. The van der Waals surface area contributed by atoms with Crippen LogP contribution in [0.2, 0.25) is 0 Å². The van der Waals surface area contributed by atoms with Crippen LogP contribution in [0.25, 0.3) is 0 Å². The molecule has 178 valence electrons. The number of nitrogens with zero attached hydrogens (tertiary/aromatic N) is 4. The highest BCUT2D eigenvalue weighted by Gasteiger charge is 2.25. The van der Waals surface area contributed by atoms with Crippen molar-refractivity contribution in [1.82, 2.24) is 20.0 Å². The maximum Gasteiger partial charge on any atom is 0.221 e. The highest BCUT2D eigenvalue weighted by molar-refractivity contribution is 5.79. The Hall–Kier alpha value is -2.12. The zero-order valence-corrected chi connectivity index (χ0v) is 20.2. The Morgan fingerprint density at radius 3 is 2.75 bits per heavy atom. The molecular weight excluding hydrogens is 400 g/mol. The third-order valence-electron chi connectivity index (χ3n) is 6.80. The largest absolute Gasteiger partial charge is 0.369 e. The van der Waals surface area contributed by atoms with Gasteiger partial charge in [0.2, 0.25) is 5.91 Å². The van der Waals surface area contributed by atoms with Crippen molar-refractivity contribution in [3.63, 3.8) is 0 Å². The van der Waals surface area contributed by atoms with Crippen molar-refractivity contribution < 1.29 is 4.79 Å². The number of nitrogens with two attached hydrogens (primary N) is 1. The van der Waals surface area contributed by atoms with E-state index in [1.165, 1.54) is 30.5 Å². The van der Waals surface area contributed by atoms with E-state index in [4.69, 9.17) is 10.7 Å². The van der Waals surface area contributed by atoms with E-state index in [0.717, 1.165) is 58.1 Å². The van der Waals surface area contributed by atoms with Gasteiger partial charge < -0.3 is 16.0 Å². The number of hydrogen-bond donors (Lipinski definition) is 2. The maximum atomic E-state index is 11.6. The molecule has 0 radical (unpaired) electrons. The quantitative estimate of drug-likeness (QED) is 0.453. The average molecular weight is 443 g/mol. The number of piperidine rings is 1. The standard InChI is InChI=1S/C25H42N6O/c1-4-27-25(29(3)19-23-12-8-14-31(23)5-2)28-16-20-9-6-10-21(15-20)17-30-13-7-11-22(18-30)24(26)32/h6,9-10,15,22-23H,4-5,7-8,11-14,16-19H2,1-3H3,(H2,26,32)(H,27,28). The molecule has 2 aliphatic heterocycles. The van der Waals surface area contributed by atoms with Crippen LogP contribution in [0, 0.1) is 5.92 Å². The molecule has 0 aliphatic carbocycles. The number of hydrogen-bond acceptors (Lipinski definition) is 4. The summed E-state index contributed by atoms with van der Waals surface area (Å²) in [6.45, 7) is 11.9. The van der Waals surface area contributed by atoms with Gasteiger partial charge in [-0.15, -0.1) is 0 Å². The van der Waals surface area contributed by atoms with Gasteiger partial charge in [0, 0.05) is 39.3 Å².